The van der Waals surface area contributed by atoms with E-state index in [2.05, 4.69) is 46.9 Å². The minimum Gasteiger partial charge on any atom is -0.448 e. The number of alkyl halides is 1. The van der Waals surface area contributed by atoms with Crippen molar-refractivity contribution in [1.29, 1.82) is 0 Å². The average molecular weight is 640 g/mol. The zero-order chi connectivity index (χ0) is 26.8. The first-order valence-electron chi connectivity index (χ1n) is 13.7. The number of carbonyl (C=O) groups excluding carboxylic acids is 1. The highest BCUT2D eigenvalue weighted by Crippen LogP contribution is 2.44. The van der Waals surface area contributed by atoms with Gasteiger partial charge in [-0.2, -0.15) is 0 Å². The molecule has 0 radical (unpaired) electrons. The number of fused-ring (bicyclic) bond motifs is 3. The zero-order valence-electron chi connectivity index (χ0n) is 22.6. The van der Waals surface area contributed by atoms with Crippen LogP contribution in [0.25, 0.3) is 11.1 Å². The SMILES string of the molecule is CN(CCOCCOCCOCCOCCCCCCI)C(=O)OCC1c2ccccc2-c2ccccc21. The summed E-state index contributed by atoms with van der Waals surface area (Å²) in [4.78, 5) is 14.1. The molecule has 0 saturated carbocycles. The Bertz CT molecular complexity index is 897. The molecular weight excluding hydrogens is 597 g/mol. The maximum Gasteiger partial charge on any atom is 0.409 e. The lowest BCUT2D eigenvalue weighted by atomic mass is 9.98. The third kappa shape index (κ3) is 10.4. The lowest BCUT2D eigenvalue weighted by Crippen LogP contribution is -2.32. The molecule has 7 nitrogen and oxygen atoms in total. The van der Waals surface area contributed by atoms with Crippen molar-refractivity contribution >= 4 is 28.7 Å². The van der Waals surface area contributed by atoms with Crippen LogP contribution in [0, 0.1) is 0 Å². The highest BCUT2D eigenvalue weighted by molar-refractivity contribution is 14.1. The Morgan fingerprint density at radius 2 is 1.21 bits per heavy atom. The number of hydrogen-bond acceptors (Lipinski definition) is 6. The van der Waals surface area contributed by atoms with Gasteiger partial charge in [0.1, 0.15) is 6.61 Å². The highest BCUT2D eigenvalue weighted by atomic mass is 127. The molecule has 2 aromatic carbocycles. The number of halogens is 1. The van der Waals surface area contributed by atoms with Gasteiger partial charge < -0.3 is 28.6 Å². The number of unbranched alkanes of at least 4 members (excludes halogenated alkanes) is 3. The van der Waals surface area contributed by atoms with Crippen molar-refractivity contribution in [2.45, 2.75) is 31.6 Å². The van der Waals surface area contributed by atoms with E-state index < -0.39 is 0 Å². The summed E-state index contributed by atoms with van der Waals surface area (Å²) in [5.41, 5.74) is 4.85. The molecule has 1 aliphatic carbocycles. The predicted octanol–water partition coefficient (Wildman–Crippen LogP) is 5.93. The van der Waals surface area contributed by atoms with E-state index in [0.717, 1.165) is 13.0 Å². The summed E-state index contributed by atoms with van der Waals surface area (Å²) in [5.74, 6) is 0.0600. The van der Waals surface area contributed by atoms with Crippen molar-refractivity contribution in [2.75, 3.05) is 77.5 Å². The van der Waals surface area contributed by atoms with Crippen molar-refractivity contribution in [3.63, 3.8) is 0 Å². The Kier molecular flexibility index (Phi) is 15.0. The van der Waals surface area contributed by atoms with Crippen molar-refractivity contribution in [3.8, 4) is 11.1 Å². The quantitative estimate of drug-likeness (QED) is 0.102. The number of hydrogen-bond donors (Lipinski definition) is 0. The molecule has 0 bridgehead atoms. The molecule has 38 heavy (non-hydrogen) atoms. The van der Waals surface area contributed by atoms with E-state index in [0.29, 0.717) is 59.4 Å². The summed E-state index contributed by atoms with van der Waals surface area (Å²) in [6.07, 6.45) is 4.61. The molecule has 0 aromatic heterocycles. The van der Waals surface area contributed by atoms with Crippen LogP contribution in [0.5, 0.6) is 0 Å². The lowest BCUT2D eigenvalue weighted by molar-refractivity contribution is -0.00375. The number of nitrogens with zero attached hydrogens (tertiary/aromatic N) is 1. The smallest absolute Gasteiger partial charge is 0.409 e. The van der Waals surface area contributed by atoms with E-state index >= 15 is 0 Å². The fraction of sp³-hybridized carbons (Fsp3) is 0.567. The number of amides is 1. The number of likely N-dealkylation sites (N-methyl/N-ethyl adjacent to an activating group) is 1. The van der Waals surface area contributed by atoms with Gasteiger partial charge in [0.2, 0.25) is 0 Å². The first kappa shape index (κ1) is 30.8. The molecule has 8 heteroatoms. The Balaban J connectivity index is 1.16. The summed E-state index contributed by atoms with van der Waals surface area (Å²) in [5, 5.41) is 0. The van der Waals surface area contributed by atoms with E-state index in [1.165, 1.54) is 45.9 Å². The minimum atomic E-state index is -0.343. The molecule has 0 aliphatic heterocycles. The first-order valence-corrected chi connectivity index (χ1v) is 15.2. The van der Waals surface area contributed by atoms with Gasteiger partial charge in [0.05, 0.1) is 46.2 Å². The second kappa shape index (κ2) is 18.5. The average Bonchev–Trinajstić information content (AvgIpc) is 3.27. The summed E-state index contributed by atoms with van der Waals surface area (Å²) >= 11 is 2.42. The summed E-state index contributed by atoms with van der Waals surface area (Å²) in [7, 11) is 1.73. The predicted molar refractivity (Wildman–Crippen MR) is 158 cm³/mol. The maximum atomic E-state index is 12.5. The fourth-order valence-corrected chi connectivity index (χ4v) is 4.95. The van der Waals surface area contributed by atoms with Gasteiger partial charge in [0.25, 0.3) is 0 Å². The van der Waals surface area contributed by atoms with Crippen LogP contribution in [0.15, 0.2) is 48.5 Å². The van der Waals surface area contributed by atoms with Gasteiger partial charge in [-0.3, -0.25) is 0 Å². The number of benzene rings is 2. The Labute approximate surface area is 241 Å². The molecule has 0 heterocycles. The molecule has 0 unspecified atom stereocenters. The fourth-order valence-electron chi connectivity index (χ4n) is 4.41. The molecule has 0 atom stereocenters. The standard InChI is InChI=1S/C30H42INO6/c1-32(15-17-35-19-21-37-23-22-36-20-18-34-16-9-3-2-8-14-31)30(33)38-24-29-27-12-6-4-10-25(27)26-11-5-7-13-28(26)29/h4-7,10-13,29H,2-3,8-9,14-24H2,1H3. The van der Waals surface area contributed by atoms with E-state index in [9.17, 15) is 4.79 Å². The third-order valence-electron chi connectivity index (χ3n) is 6.51. The van der Waals surface area contributed by atoms with Crippen LogP contribution < -0.4 is 0 Å². The van der Waals surface area contributed by atoms with Crippen molar-refractivity contribution in [1.82, 2.24) is 4.90 Å². The molecule has 3 rings (SSSR count). The highest BCUT2D eigenvalue weighted by Gasteiger charge is 2.29. The van der Waals surface area contributed by atoms with E-state index in [-0.39, 0.29) is 12.0 Å². The molecule has 1 amide bonds. The van der Waals surface area contributed by atoms with Crippen LogP contribution in [-0.2, 0) is 23.7 Å². The minimum absolute atomic E-state index is 0.0600. The molecular formula is C30H42INO6. The van der Waals surface area contributed by atoms with Gasteiger partial charge in [-0.15, -0.1) is 0 Å². The molecule has 1 aliphatic rings. The molecule has 0 saturated heterocycles. The van der Waals surface area contributed by atoms with Crippen LogP contribution in [-0.4, -0.2) is 88.5 Å². The van der Waals surface area contributed by atoms with E-state index in [4.69, 9.17) is 23.7 Å². The largest absolute Gasteiger partial charge is 0.448 e. The van der Waals surface area contributed by atoms with Gasteiger partial charge in [-0.1, -0.05) is 84.0 Å². The maximum absolute atomic E-state index is 12.5. The van der Waals surface area contributed by atoms with E-state index in [1.807, 2.05) is 24.3 Å². The van der Waals surface area contributed by atoms with E-state index in [1.54, 1.807) is 11.9 Å². The van der Waals surface area contributed by atoms with Crippen LogP contribution in [0.3, 0.4) is 0 Å². The zero-order valence-corrected chi connectivity index (χ0v) is 24.7. The molecule has 0 fully saturated rings. The van der Waals surface area contributed by atoms with Crippen molar-refractivity contribution in [2.24, 2.45) is 0 Å². The Hall–Kier alpha value is -1.72. The molecule has 0 spiro atoms. The second-order valence-electron chi connectivity index (χ2n) is 9.28. The van der Waals surface area contributed by atoms with Gasteiger partial charge in [0, 0.05) is 26.1 Å². The second-order valence-corrected chi connectivity index (χ2v) is 10.4. The van der Waals surface area contributed by atoms with Crippen LogP contribution >= 0.6 is 22.6 Å². The van der Waals surface area contributed by atoms with Crippen LogP contribution in [0.2, 0.25) is 0 Å². The Morgan fingerprint density at radius 1 is 0.711 bits per heavy atom. The van der Waals surface area contributed by atoms with Crippen LogP contribution in [0.4, 0.5) is 4.79 Å². The third-order valence-corrected chi connectivity index (χ3v) is 7.27. The first-order chi connectivity index (χ1) is 18.7. The van der Waals surface area contributed by atoms with Gasteiger partial charge >= 0.3 is 6.09 Å². The van der Waals surface area contributed by atoms with Crippen molar-refractivity contribution < 1.29 is 28.5 Å². The van der Waals surface area contributed by atoms with Crippen molar-refractivity contribution in [3.05, 3.63) is 59.7 Å². The van der Waals surface area contributed by atoms with Crippen LogP contribution in [0.1, 0.15) is 42.7 Å². The number of rotatable bonds is 20. The monoisotopic (exact) mass is 639 g/mol. The molecule has 210 valence electrons. The summed E-state index contributed by atoms with van der Waals surface area (Å²) in [6, 6.07) is 16.6. The number of carbonyl (C=O) groups is 1. The summed E-state index contributed by atoms with van der Waals surface area (Å²) < 4.78 is 29.1. The van der Waals surface area contributed by atoms with Gasteiger partial charge in [-0.25, -0.2) is 4.79 Å². The molecule has 0 N–H and O–H groups in total. The molecule has 2 aromatic rings. The van der Waals surface area contributed by atoms with Gasteiger partial charge in [-0.05, 0) is 39.5 Å². The number of ether oxygens (including phenoxy) is 5. The Morgan fingerprint density at radius 3 is 1.79 bits per heavy atom. The normalized spacial score (nSPS) is 12.4. The lowest BCUT2D eigenvalue weighted by Gasteiger charge is -2.19. The summed E-state index contributed by atoms with van der Waals surface area (Å²) in [6.45, 7) is 5.28. The van der Waals surface area contributed by atoms with Gasteiger partial charge in [0.15, 0.2) is 0 Å². The topological polar surface area (TPSA) is 66.5 Å².